The summed E-state index contributed by atoms with van der Waals surface area (Å²) >= 11 is 3.43. The van der Waals surface area contributed by atoms with Gasteiger partial charge >= 0.3 is 0 Å². The largest absolute Gasteiger partial charge is 0.360 e. The Morgan fingerprint density at radius 1 is 1.57 bits per heavy atom. The van der Waals surface area contributed by atoms with E-state index in [1.807, 2.05) is 13.2 Å². The summed E-state index contributed by atoms with van der Waals surface area (Å²) in [6.45, 7) is 3.92. The first-order chi connectivity index (χ1) is 6.69. The Bertz CT molecular complexity index is 301. The van der Waals surface area contributed by atoms with E-state index >= 15 is 0 Å². The molecule has 3 nitrogen and oxygen atoms in total. The first-order valence-corrected chi connectivity index (χ1v) is 5.48. The number of rotatable bonds is 4. The maximum absolute atomic E-state index is 4.41. The Morgan fingerprint density at radius 2 is 2.29 bits per heavy atom. The molecule has 1 aromatic rings. The van der Waals surface area contributed by atoms with E-state index in [1.165, 1.54) is 5.56 Å². The van der Waals surface area contributed by atoms with Gasteiger partial charge in [-0.2, -0.15) is 0 Å². The summed E-state index contributed by atoms with van der Waals surface area (Å²) in [6.07, 6.45) is 1.83. The fourth-order valence-corrected chi connectivity index (χ4v) is 1.67. The highest BCUT2D eigenvalue weighted by Crippen LogP contribution is 2.20. The van der Waals surface area contributed by atoms with Gasteiger partial charge in [-0.25, -0.2) is 4.98 Å². The van der Waals surface area contributed by atoms with Crippen LogP contribution in [0.5, 0.6) is 0 Å². The molecule has 0 saturated heterocycles. The number of halogens is 1. The van der Waals surface area contributed by atoms with Crippen molar-refractivity contribution in [1.82, 2.24) is 10.3 Å². The summed E-state index contributed by atoms with van der Waals surface area (Å²) < 4.78 is 1.02. The van der Waals surface area contributed by atoms with Crippen molar-refractivity contribution in [2.75, 3.05) is 25.5 Å². The Labute approximate surface area is 93.7 Å². The summed E-state index contributed by atoms with van der Waals surface area (Å²) in [4.78, 5) is 6.54. The zero-order chi connectivity index (χ0) is 10.6. The molecule has 1 rings (SSSR count). The smallest absolute Gasteiger partial charge is 0.132 e. The zero-order valence-corrected chi connectivity index (χ0v) is 10.4. The van der Waals surface area contributed by atoms with Crippen LogP contribution in [0.3, 0.4) is 0 Å². The van der Waals surface area contributed by atoms with E-state index in [0.29, 0.717) is 0 Å². The number of nitrogens with one attached hydrogen (secondary N) is 1. The van der Waals surface area contributed by atoms with Crippen LogP contribution >= 0.6 is 15.9 Å². The lowest BCUT2D eigenvalue weighted by molar-refractivity contribution is 0.800. The highest BCUT2D eigenvalue weighted by Gasteiger charge is 2.07. The van der Waals surface area contributed by atoms with Crippen LogP contribution in [0.25, 0.3) is 0 Å². The molecule has 1 heterocycles. The fraction of sp³-hybridized carbons (Fsp3) is 0.500. The Hall–Kier alpha value is -0.610. The van der Waals surface area contributed by atoms with Gasteiger partial charge in [0.15, 0.2) is 0 Å². The second-order valence-electron chi connectivity index (χ2n) is 3.18. The third-order valence-corrected chi connectivity index (χ3v) is 2.55. The molecule has 0 unspecified atom stereocenters. The third kappa shape index (κ3) is 2.69. The Balaban J connectivity index is 3.01. The lowest BCUT2D eigenvalue weighted by atomic mass is 10.2. The van der Waals surface area contributed by atoms with E-state index in [1.54, 1.807) is 0 Å². The molecule has 78 valence electrons. The van der Waals surface area contributed by atoms with Gasteiger partial charge < -0.3 is 10.2 Å². The lowest BCUT2D eigenvalue weighted by Crippen LogP contribution is -2.20. The van der Waals surface area contributed by atoms with Gasteiger partial charge in [0.05, 0.1) is 0 Å². The van der Waals surface area contributed by atoms with Crippen molar-refractivity contribution < 1.29 is 0 Å². The van der Waals surface area contributed by atoms with Gasteiger partial charge in [0.2, 0.25) is 0 Å². The second-order valence-corrected chi connectivity index (χ2v) is 4.10. The molecule has 4 heteroatoms. The minimum Gasteiger partial charge on any atom is -0.360 e. The molecular formula is C10H16BrN3. The van der Waals surface area contributed by atoms with Crippen LogP contribution in [-0.2, 0) is 6.54 Å². The van der Waals surface area contributed by atoms with Crippen molar-refractivity contribution in [3.63, 3.8) is 0 Å². The minimum atomic E-state index is 0.839. The van der Waals surface area contributed by atoms with Crippen LogP contribution in [0, 0.1) is 0 Å². The molecule has 0 spiro atoms. The van der Waals surface area contributed by atoms with Crippen LogP contribution < -0.4 is 10.2 Å². The molecule has 0 atom stereocenters. The molecule has 0 aliphatic carbocycles. The average Bonchev–Trinajstić information content (AvgIpc) is 2.17. The normalized spacial score (nSPS) is 10.3. The molecule has 0 fully saturated rings. The molecule has 0 radical (unpaired) electrons. The van der Waals surface area contributed by atoms with Gasteiger partial charge in [-0.15, -0.1) is 0 Å². The van der Waals surface area contributed by atoms with Crippen LogP contribution in [0.15, 0.2) is 16.7 Å². The van der Waals surface area contributed by atoms with Gasteiger partial charge in [0.25, 0.3) is 0 Å². The molecule has 1 N–H and O–H groups in total. The molecule has 1 aromatic heterocycles. The standard InChI is InChI=1S/C10H16BrN3/c1-4-14(3)10-8(6-12-2)5-9(11)7-13-10/h5,7,12H,4,6H2,1-3H3. The fourth-order valence-electron chi connectivity index (χ4n) is 1.29. The SMILES string of the molecule is CCN(C)c1ncc(Br)cc1CNC. The molecule has 0 aliphatic heterocycles. The van der Waals surface area contributed by atoms with E-state index in [2.05, 4.69) is 51.2 Å². The number of aromatic nitrogens is 1. The minimum absolute atomic E-state index is 0.839. The molecule has 0 saturated carbocycles. The van der Waals surface area contributed by atoms with Gasteiger partial charge in [0.1, 0.15) is 5.82 Å². The van der Waals surface area contributed by atoms with Gasteiger partial charge in [-0.3, -0.25) is 0 Å². The maximum Gasteiger partial charge on any atom is 0.132 e. The van der Waals surface area contributed by atoms with Crippen LogP contribution in [0.2, 0.25) is 0 Å². The van der Waals surface area contributed by atoms with E-state index in [0.717, 1.165) is 23.4 Å². The first-order valence-electron chi connectivity index (χ1n) is 4.69. The predicted molar refractivity (Wildman–Crippen MR) is 63.6 cm³/mol. The first kappa shape index (κ1) is 11.5. The van der Waals surface area contributed by atoms with Crippen LogP contribution in [0.4, 0.5) is 5.82 Å². The molecule has 14 heavy (non-hydrogen) atoms. The second kappa shape index (κ2) is 5.32. The number of anilines is 1. The number of hydrogen-bond donors (Lipinski definition) is 1. The summed E-state index contributed by atoms with van der Waals surface area (Å²) in [7, 11) is 3.99. The van der Waals surface area contributed by atoms with Gasteiger partial charge in [-0.1, -0.05) is 0 Å². The zero-order valence-electron chi connectivity index (χ0n) is 8.84. The Morgan fingerprint density at radius 3 is 2.86 bits per heavy atom. The molecule has 0 aromatic carbocycles. The molecule has 0 bridgehead atoms. The van der Waals surface area contributed by atoms with Crippen molar-refractivity contribution in [2.24, 2.45) is 0 Å². The van der Waals surface area contributed by atoms with Gasteiger partial charge in [-0.05, 0) is 36.0 Å². The lowest BCUT2D eigenvalue weighted by Gasteiger charge is -2.19. The van der Waals surface area contributed by atoms with Crippen LogP contribution in [0.1, 0.15) is 12.5 Å². The third-order valence-electron chi connectivity index (χ3n) is 2.11. The molecule has 0 aliphatic rings. The van der Waals surface area contributed by atoms with Crippen molar-refractivity contribution in [3.05, 3.63) is 22.3 Å². The maximum atomic E-state index is 4.41. The van der Waals surface area contributed by atoms with E-state index in [4.69, 9.17) is 0 Å². The summed E-state index contributed by atoms with van der Waals surface area (Å²) in [5.41, 5.74) is 1.21. The van der Waals surface area contributed by atoms with Crippen molar-refractivity contribution in [2.45, 2.75) is 13.5 Å². The highest BCUT2D eigenvalue weighted by molar-refractivity contribution is 9.10. The van der Waals surface area contributed by atoms with Crippen molar-refractivity contribution in [1.29, 1.82) is 0 Å². The summed E-state index contributed by atoms with van der Waals surface area (Å²) in [5.74, 6) is 1.05. The number of pyridine rings is 1. The Kier molecular flexibility index (Phi) is 4.35. The van der Waals surface area contributed by atoms with E-state index < -0.39 is 0 Å². The topological polar surface area (TPSA) is 28.2 Å². The van der Waals surface area contributed by atoms with E-state index in [-0.39, 0.29) is 0 Å². The molecule has 0 amide bonds. The van der Waals surface area contributed by atoms with E-state index in [9.17, 15) is 0 Å². The number of nitrogens with zero attached hydrogens (tertiary/aromatic N) is 2. The van der Waals surface area contributed by atoms with Crippen LogP contribution in [-0.4, -0.2) is 25.6 Å². The monoisotopic (exact) mass is 257 g/mol. The molecular weight excluding hydrogens is 242 g/mol. The summed E-state index contributed by atoms with van der Waals surface area (Å²) in [5, 5.41) is 3.14. The predicted octanol–water partition coefficient (Wildman–Crippen LogP) is 2.02. The van der Waals surface area contributed by atoms with Crippen molar-refractivity contribution >= 4 is 21.7 Å². The quantitative estimate of drug-likeness (QED) is 0.895. The van der Waals surface area contributed by atoms with Crippen molar-refractivity contribution in [3.8, 4) is 0 Å². The average molecular weight is 258 g/mol. The number of hydrogen-bond acceptors (Lipinski definition) is 3. The van der Waals surface area contributed by atoms with Gasteiger partial charge in [0, 0.05) is 36.4 Å². The highest BCUT2D eigenvalue weighted by atomic mass is 79.9. The summed E-state index contributed by atoms with van der Waals surface area (Å²) in [6, 6.07) is 2.10.